The maximum atomic E-state index is 12.5. The number of halogens is 2. The average molecular weight is 327 g/mol. The normalized spacial score (nSPS) is 13.8. The summed E-state index contributed by atoms with van der Waals surface area (Å²) < 4.78 is 31.0. The van der Waals surface area contributed by atoms with Gasteiger partial charge in [0.05, 0.1) is 16.7 Å². The highest BCUT2D eigenvalue weighted by atomic mass is 35.5. The number of nitrogens with two attached hydrogens (primary N) is 1. The SMILES string of the molecule is COCC(C)N(C)S(=O)(=O)c1c(Cl)cc(N)cc1Cl. The first kappa shape index (κ1) is 16.5. The maximum Gasteiger partial charge on any atom is 0.246 e. The van der Waals surface area contributed by atoms with Gasteiger partial charge in [-0.05, 0) is 19.1 Å². The van der Waals surface area contributed by atoms with Gasteiger partial charge in [-0.3, -0.25) is 0 Å². The zero-order valence-corrected chi connectivity index (χ0v) is 13.2. The van der Waals surface area contributed by atoms with Crippen molar-refractivity contribution in [3.05, 3.63) is 22.2 Å². The van der Waals surface area contributed by atoms with Gasteiger partial charge in [0.25, 0.3) is 0 Å². The van der Waals surface area contributed by atoms with E-state index in [2.05, 4.69) is 0 Å². The Morgan fingerprint density at radius 3 is 2.26 bits per heavy atom. The van der Waals surface area contributed by atoms with E-state index in [1.165, 1.54) is 30.6 Å². The minimum absolute atomic E-state index is 0.00136. The quantitative estimate of drug-likeness (QED) is 0.842. The summed E-state index contributed by atoms with van der Waals surface area (Å²) in [6, 6.07) is 2.37. The van der Waals surface area contributed by atoms with Crippen LogP contribution in [0, 0.1) is 0 Å². The van der Waals surface area contributed by atoms with Gasteiger partial charge in [-0.15, -0.1) is 0 Å². The number of sulfonamides is 1. The summed E-state index contributed by atoms with van der Waals surface area (Å²) >= 11 is 11.9. The Balaban J connectivity index is 3.28. The van der Waals surface area contributed by atoms with Crippen molar-refractivity contribution in [1.29, 1.82) is 0 Å². The lowest BCUT2D eigenvalue weighted by atomic mass is 10.3. The maximum absolute atomic E-state index is 12.5. The molecule has 8 heteroatoms. The number of nitrogens with zero attached hydrogens (tertiary/aromatic N) is 1. The summed E-state index contributed by atoms with van der Waals surface area (Å²) in [5.41, 5.74) is 5.86. The van der Waals surface area contributed by atoms with Crippen LogP contribution in [0.5, 0.6) is 0 Å². The van der Waals surface area contributed by atoms with Crippen molar-refractivity contribution in [2.75, 3.05) is 26.5 Å². The predicted octanol–water partition coefficient (Wildman–Crippen LogP) is 2.23. The molecule has 0 saturated carbocycles. The summed E-state index contributed by atoms with van der Waals surface area (Å²) in [6.07, 6.45) is 0. The van der Waals surface area contributed by atoms with Crippen molar-refractivity contribution in [2.24, 2.45) is 0 Å². The standard InChI is InChI=1S/C11H16Cl2N2O3S/c1-7(6-18-3)15(2)19(16,17)11-9(12)4-8(14)5-10(11)13/h4-5,7H,6,14H2,1-3H3. The monoisotopic (exact) mass is 326 g/mol. The van der Waals surface area contributed by atoms with Crippen LogP contribution in [0.3, 0.4) is 0 Å². The Hall–Kier alpha value is -0.530. The third kappa shape index (κ3) is 3.52. The lowest BCUT2D eigenvalue weighted by Gasteiger charge is -2.24. The highest BCUT2D eigenvalue weighted by Gasteiger charge is 2.30. The molecule has 108 valence electrons. The topological polar surface area (TPSA) is 72.6 Å². The van der Waals surface area contributed by atoms with E-state index < -0.39 is 10.0 Å². The first-order chi connectivity index (χ1) is 8.71. The summed E-state index contributed by atoms with van der Waals surface area (Å²) in [6.45, 7) is 1.99. The molecule has 0 fully saturated rings. The minimum atomic E-state index is -3.80. The van der Waals surface area contributed by atoms with Crippen LogP contribution in [0.15, 0.2) is 17.0 Å². The van der Waals surface area contributed by atoms with Crippen molar-refractivity contribution in [1.82, 2.24) is 4.31 Å². The van der Waals surface area contributed by atoms with Gasteiger partial charge in [-0.2, -0.15) is 4.31 Å². The molecule has 0 bridgehead atoms. The number of rotatable bonds is 5. The number of nitrogen functional groups attached to an aromatic ring is 1. The molecule has 1 aromatic rings. The van der Waals surface area contributed by atoms with Crippen LogP contribution in [0.25, 0.3) is 0 Å². The summed E-state index contributed by atoms with van der Waals surface area (Å²) in [5.74, 6) is 0. The second kappa shape index (κ2) is 6.28. The molecule has 0 aromatic heterocycles. The molecular weight excluding hydrogens is 311 g/mol. The van der Waals surface area contributed by atoms with E-state index >= 15 is 0 Å². The molecular formula is C11H16Cl2N2O3S. The fraction of sp³-hybridized carbons (Fsp3) is 0.455. The van der Waals surface area contributed by atoms with Gasteiger partial charge in [-0.25, -0.2) is 8.42 Å². The zero-order valence-electron chi connectivity index (χ0n) is 10.9. The minimum Gasteiger partial charge on any atom is -0.399 e. The summed E-state index contributed by atoms with van der Waals surface area (Å²) in [4.78, 5) is -0.143. The van der Waals surface area contributed by atoms with E-state index in [1.54, 1.807) is 6.92 Å². The summed E-state index contributed by atoms with van der Waals surface area (Å²) in [5, 5.41) is 0.00272. The molecule has 0 amide bonds. The van der Waals surface area contributed by atoms with Gasteiger partial charge in [0.2, 0.25) is 10.0 Å². The van der Waals surface area contributed by atoms with Gasteiger partial charge < -0.3 is 10.5 Å². The van der Waals surface area contributed by atoms with E-state index in [9.17, 15) is 8.42 Å². The number of methoxy groups -OCH3 is 1. The van der Waals surface area contributed by atoms with E-state index in [1.807, 2.05) is 0 Å². The van der Waals surface area contributed by atoms with Crippen molar-refractivity contribution in [3.8, 4) is 0 Å². The van der Waals surface area contributed by atoms with Crippen LogP contribution >= 0.6 is 23.2 Å². The molecule has 1 aromatic carbocycles. The number of benzene rings is 1. The van der Waals surface area contributed by atoms with Gasteiger partial charge in [0, 0.05) is 25.9 Å². The van der Waals surface area contributed by atoms with Gasteiger partial charge in [0.1, 0.15) is 4.90 Å². The number of hydrogen-bond acceptors (Lipinski definition) is 4. The van der Waals surface area contributed by atoms with Crippen molar-refractivity contribution in [2.45, 2.75) is 17.9 Å². The second-order valence-electron chi connectivity index (χ2n) is 4.14. The van der Waals surface area contributed by atoms with Crippen molar-refractivity contribution < 1.29 is 13.2 Å². The van der Waals surface area contributed by atoms with E-state index in [4.69, 9.17) is 33.7 Å². The van der Waals surface area contributed by atoms with E-state index in [0.29, 0.717) is 5.69 Å². The number of anilines is 1. The summed E-state index contributed by atoms with van der Waals surface area (Å²) in [7, 11) is -0.858. The molecule has 0 radical (unpaired) electrons. The van der Waals surface area contributed by atoms with Crippen LogP contribution in [0.1, 0.15) is 6.92 Å². The Labute approximate surface area is 123 Å². The molecule has 1 atom stereocenters. The molecule has 0 saturated heterocycles. The van der Waals surface area contributed by atoms with E-state index in [0.717, 1.165) is 0 Å². The number of ether oxygens (including phenoxy) is 1. The average Bonchev–Trinajstić information content (AvgIpc) is 2.26. The molecule has 1 unspecified atom stereocenters. The lowest BCUT2D eigenvalue weighted by molar-refractivity contribution is 0.149. The fourth-order valence-electron chi connectivity index (χ4n) is 1.55. The smallest absolute Gasteiger partial charge is 0.246 e. The molecule has 0 aliphatic rings. The van der Waals surface area contributed by atoms with Crippen LogP contribution in [-0.2, 0) is 14.8 Å². The molecule has 0 spiro atoms. The third-order valence-electron chi connectivity index (χ3n) is 2.69. The molecule has 2 N–H and O–H groups in total. The van der Waals surface area contributed by atoms with Crippen LogP contribution in [-0.4, -0.2) is 39.5 Å². The zero-order chi connectivity index (χ0) is 14.8. The number of hydrogen-bond donors (Lipinski definition) is 1. The highest BCUT2D eigenvalue weighted by molar-refractivity contribution is 7.89. The second-order valence-corrected chi connectivity index (χ2v) is 6.89. The molecule has 1 rings (SSSR count). The van der Waals surface area contributed by atoms with Crippen LogP contribution in [0.2, 0.25) is 10.0 Å². The van der Waals surface area contributed by atoms with Crippen molar-refractivity contribution in [3.63, 3.8) is 0 Å². The van der Waals surface area contributed by atoms with Crippen LogP contribution < -0.4 is 5.73 Å². The fourth-order valence-corrected chi connectivity index (χ4v) is 4.08. The largest absolute Gasteiger partial charge is 0.399 e. The molecule has 19 heavy (non-hydrogen) atoms. The molecule has 0 aliphatic heterocycles. The Bertz CT molecular complexity index is 540. The number of likely N-dealkylation sites (N-methyl/N-ethyl adjacent to an activating group) is 1. The van der Waals surface area contributed by atoms with Gasteiger partial charge in [0.15, 0.2) is 0 Å². The molecule has 5 nitrogen and oxygen atoms in total. The predicted molar refractivity (Wildman–Crippen MR) is 77.2 cm³/mol. The van der Waals surface area contributed by atoms with E-state index in [-0.39, 0.29) is 27.6 Å². The van der Waals surface area contributed by atoms with Crippen LogP contribution in [0.4, 0.5) is 5.69 Å². The van der Waals surface area contributed by atoms with Crippen molar-refractivity contribution >= 4 is 38.9 Å². The first-order valence-corrected chi connectivity index (χ1v) is 7.63. The lowest BCUT2D eigenvalue weighted by Crippen LogP contribution is -2.38. The molecule has 0 aliphatic carbocycles. The Morgan fingerprint density at radius 1 is 1.37 bits per heavy atom. The van der Waals surface area contributed by atoms with Gasteiger partial charge >= 0.3 is 0 Å². The Morgan fingerprint density at radius 2 is 1.84 bits per heavy atom. The first-order valence-electron chi connectivity index (χ1n) is 5.43. The third-order valence-corrected chi connectivity index (χ3v) is 5.58. The molecule has 0 heterocycles. The highest BCUT2D eigenvalue weighted by Crippen LogP contribution is 2.34. The van der Waals surface area contributed by atoms with Gasteiger partial charge in [-0.1, -0.05) is 23.2 Å². The Kier molecular flexibility index (Phi) is 5.46.